The highest BCUT2D eigenvalue weighted by Gasteiger charge is 2.23. The van der Waals surface area contributed by atoms with Crippen LogP contribution < -0.4 is 16.2 Å². The Morgan fingerprint density at radius 1 is 1.24 bits per heavy atom. The van der Waals surface area contributed by atoms with Gasteiger partial charge in [0.1, 0.15) is 11.6 Å². The fourth-order valence-corrected chi connectivity index (χ4v) is 2.27. The molecule has 3 rings (SSSR count). The largest absolute Gasteiger partial charge is 0.451 e. The van der Waals surface area contributed by atoms with Gasteiger partial charge in [0.25, 0.3) is 5.91 Å². The molecule has 1 fully saturated rings. The van der Waals surface area contributed by atoms with E-state index in [9.17, 15) is 9.18 Å². The number of rotatable bonds is 3. The van der Waals surface area contributed by atoms with Crippen molar-refractivity contribution in [3.8, 4) is 11.3 Å². The van der Waals surface area contributed by atoms with Crippen LogP contribution in [0.4, 0.5) is 4.39 Å². The van der Waals surface area contributed by atoms with E-state index >= 15 is 0 Å². The number of nitrogens with one attached hydrogen (secondary N) is 3. The Balaban J connectivity index is 1.69. The van der Waals surface area contributed by atoms with Gasteiger partial charge in [-0.05, 0) is 49.7 Å². The van der Waals surface area contributed by atoms with Gasteiger partial charge in [-0.15, -0.1) is 0 Å². The molecule has 2 atom stereocenters. The fourth-order valence-electron chi connectivity index (χ4n) is 2.27. The average Bonchev–Trinajstić information content (AvgIpc) is 3.09. The zero-order chi connectivity index (χ0) is 14.8. The number of halogens is 1. The highest BCUT2D eigenvalue weighted by molar-refractivity contribution is 5.92. The molecule has 2 aromatic rings. The molecule has 1 aliphatic rings. The summed E-state index contributed by atoms with van der Waals surface area (Å²) in [6, 6.07) is 9.55. The maximum atomic E-state index is 12.9. The topological polar surface area (TPSA) is 66.3 Å². The highest BCUT2D eigenvalue weighted by Crippen LogP contribution is 2.22. The van der Waals surface area contributed by atoms with Crippen molar-refractivity contribution in [1.29, 1.82) is 0 Å². The molecule has 1 aromatic carbocycles. The van der Waals surface area contributed by atoms with Crippen molar-refractivity contribution < 1.29 is 13.6 Å². The Bertz CT molecular complexity index is 639. The number of carbonyl (C=O) groups excluding carboxylic acids is 1. The Morgan fingerprint density at radius 2 is 2.00 bits per heavy atom. The summed E-state index contributed by atoms with van der Waals surface area (Å²) < 4.78 is 18.4. The number of amides is 1. The highest BCUT2D eigenvalue weighted by atomic mass is 19.1. The molecule has 0 saturated carbocycles. The molecule has 1 aliphatic heterocycles. The molecule has 1 aromatic heterocycles. The molecule has 2 unspecified atom stereocenters. The van der Waals surface area contributed by atoms with Gasteiger partial charge in [-0.1, -0.05) is 0 Å². The third-order valence-corrected chi connectivity index (χ3v) is 3.36. The Labute approximate surface area is 121 Å². The lowest BCUT2D eigenvalue weighted by atomic mass is 10.2. The lowest BCUT2D eigenvalue weighted by Crippen LogP contribution is -2.44. The number of hydrogen-bond acceptors (Lipinski definition) is 4. The second-order valence-electron chi connectivity index (χ2n) is 5.12. The normalized spacial score (nSPS) is 21.4. The maximum absolute atomic E-state index is 12.9. The van der Waals surface area contributed by atoms with E-state index in [1.54, 1.807) is 24.3 Å². The summed E-state index contributed by atoms with van der Waals surface area (Å²) >= 11 is 0. The predicted octanol–water partition coefficient (Wildman–Crippen LogP) is 2.03. The van der Waals surface area contributed by atoms with Crippen LogP contribution in [0.15, 0.2) is 40.8 Å². The number of carbonyl (C=O) groups is 1. The molecule has 2 heterocycles. The van der Waals surface area contributed by atoms with E-state index in [0.29, 0.717) is 11.8 Å². The van der Waals surface area contributed by atoms with E-state index in [0.717, 1.165) is 12.0 Å². The van der Waals surface area contributed by atoms with Crippen LogP contribution >= 0.6 is 0 Å². The SMILES string of the molecule is CC1CC(NC(=O)c2ccc(-c3ccc(F)cc3)o2)NN1. The van der Waals surface area contributed by atoms with Gasteiger partial charge in [0.15, 0.2) is 5.76 Å². The summed E-state index contributed by atoms with van der Waals surface area (Å²) in [5.41, 5.74) is 6.74. The molecule has 21 heavy (non-hydrogen) atoms. The standard InChI is InChI=1S/C15H16FN3O2/c1-9-8-14(19-18-9)17-15(20)13-7-6-12(21-13)10-2-4-11(16)5-3-10/h2-7,9,14,18-19H,8H2,1H3,(H,17,20). The minimum absolute atomic E-state index is 0.119. The minimum Gasteiger partial charge on any atom is -0.451 e. The summed E-state index contributed by atoms with van der Waals surface area (Å²) in [4.78, 5) is 12.1. The van der Waals surface area contributed by atoms with Crippen molar-refractivity contribution in [1.82, 2.24) is 16.2 Å². The van der Waals surface area contributed by atoms with Crippen LogP contribution in [0.25, 0.3) is 11.3 Å². The van der Waals surface area contributed by atoms with Crippen molar-refractivity contribution in [3.63, 3.8) is 0 Å². The molecule has 110 valence electrons. The van der Waals surface area contributed by atoms with Crippen LogP contribution in [0.1, 0.15) is 23.9 Å². The second-order valence-corrected chi connectivity index (χ2v) is 5.12. The van der Waals surface area contributed by atoms with Crippen molar-refractivity contribution in [2.75, 3.05) is 0 Å². The maximum Gasteiger partial charge on any atom is 0.288 e. The van der Waals surface area contributed by atoms with E-state index in [1.165, 1.54) is 12.1 Å². The number of hydrogen-bond donors (Lipinski definition) is 3. The summed E-state index contributed by atoms with van der Waals surface area (Å²) in [7, 11) is 0. The third-order valence-electron chi connectivity index (χ3n) is 3.36. The smallest absolute Gasteiger partial charge is 0.288 e. The van der Waals surface area contributed by atoms with Gasteiger partial charge in [-0.2, -0.15) is 0 Å². The molecular formula is C15H16FN3O2. The number of hydrazine groups is 1. The first-order valence-corrected chi connectivity index (χ1v) is 6.79. The molecule has 3 N–H and O–H groups in total. The first-order chi connectivity index (χ1) is 10.1. The summed E-state index contributed by atoms with van der Waals surface area (Å²) in [5.74, 6) is 0.177. The Hall–Kier alpha value is -2.18. The van der Waals surface area contributed by atoms with E-state index in [1.807, 2.05) is 6.92 Å². The van der Waals surface area contributed by atoms with Gasteiger partial charge in [-0.3, -0.25) is 10.2 Å². The van der Waals surface area contributed by atoms with E-state index in [2.05, 4.69) is 16.2 Å². The average molecular weight is 289 g/mol. The number of furan rings is 1. The summed E-state index contributed by atoms with van der Waals surface area (Å²) in [6.45, 7) is 2.03. The van der Waals surface area contributed by atoms with E-state index in [4.69, 9.17) is 4.42 Å². The first kappa shape index (κ1) is 13.8. The second kappa shape index (κ2) is 5.67. The van der Waals surface area contributed by atoms with Crippen LogP contribution in [-0.4, -0.2) is 18.1 Å². The molecule has 6 heteroatoms. The van der Waals surface area contributed by atoms with Crippen molar-refractivity contribution >= 4 is 5.91 Å². The molecule has 0 radical (unpaired) electrons. The van der Waals surface area contributed by atoms with Gasteiger partial charge in [-0.25, -0.2) is 9.82 Å². The van der Waals surface area contributed by atoms with Crippen molar-refractivity contribution in [2.24, 2.45) is 0 Å². The van der Waals surface area contributed by atoms with Crippen LogP contribution in [0.3, 0.4) is 0 Å². The molecule has 0 aliphatic carbocycles. The minimum atomic E-state index is -0.308. The summed E-state index contributed by atoms with van der Waals surface area (Å²) in [6.07, 6.45) is 0.684. The van der Waals surface area contributed by atoms with Gasteiger partial charge in [0.2, 0.25) is 0 Å². The monoisotopic (exact) mass is 289 g/mol. The van der Waals surface area contributed by atoms with E-state index < -0.39 is 0 Å². The zero-order valence-corrected chi connectivity index (χ0v) is 11.5. The van der Waals surface area contributed by atoms with Crippen LogP contribution in [0.5, 0.6) is 0 Å². The summed E-state index contributed by atoms with van der Waals surface area (Å²) in [5, 5.41) is 2.83. The molecule has 1 amide bonds. The molecule has 5 nitrogen and oxygen atoms in total. The quantitative estimate of drug-likeness (QED) is 0.809. The Kier molecular flexibility index (Phi) is 3.72. The Morgan fingerprint density at radius 3 is 2.67 bits per heavy atom. The van der Waals surface area contributed by atoms with Crippen molar-refractivity contribution in [2.45, 2.75) is 25.6 Å². The van der Waals surface area contributed by atoms with E-state index in [-0.39, 0.29) is 23.7 Å². The van der Waals surface area contributed by atoms with Crippen LogP contribution in [0.2, 0.25) is 0 Å². The molecule has 0 spiro atoms. The molecular weight excluding hydrogens is 273 g/mol. The van der Waals surface area contributed by atoms with Crippen LogP contribution in [0, 0.1) is 5.82 Å². The predicted molar refractivity (Wildman–Crippen MR) is 75.7 cm³/mol. The van der Waals surface area contributed by atoms with Crippen molar-refractivity contribution in [3.05, 3.63) is 48.0 Å². The van der Waals surface area contributed by atoms with Crippen LogP contribution in [-0.2, 0) is 0 Å². The van der Waals surface area contributed by atoms with Gasteiger partial charge in [0.05, 0.1) is 6.17 Å². The lowest BCUT2D eigenvalue weighted by Gasteiger charge is -2.10. The molecule has 1 saturated heterocycles. The van der Waals surface area contributed by atoms with Gasteiger partial charge >= 0.3 is 0 Å². The first-order valence-electron chi connectivity index (χ1n) is 6.79. The van der Waals surface area contributed by atoms with Gasteiger partial charge < -0.3 is 9.73 Å². The third kappa shape index (κ3) is 3.12. The number of benzene rings is 1. The molecule has 0 bridgehead atoms. The zero-order valence-electron chi connectivity index (χ0n) is 11.5. The lowest BCUT2D eigenvalue weighted by molar-refractivity contribution is 0.0905. The fraction of sp³-hybridized carbons (Fsp3) is 0.267. The van der Waals surface area contributed by atoms with Gasteiger partial charge in [0, 0.05) is 11.6 Å².